The van der Waals surface area contributed by atoms with Crippen molar-refractivity contribution >= 4 is 0 Å². The molecule has 0 spiro atoms. The second-order valence-electron chi connectivity index (χ2n) is 6.25. The summed E-state index contributed by atoms with van der Waals surface area (Å²) in [6, 6.07) is 0. The van der Waals surface area contributed by atoms with Crippen molar-refractivity contribution in [3.05, 3.63) is 30.1 Å². The van der Waals surface area contributed by atoms with E-state index in [9.17, 15) is 0 Å². The molecule has 2 rings (SSSR count). The van der Waals surface area contributed by atoms with Gasteiger partial charge in [0.1, 0.15) is 0 Å². The molecule has 1 aromatic heterocycles. The molecule has 0 aliphatic heterocycles. The van der Waals surface area contributed by atoms with Crippen molar-refractivity contribution in [2.45, 2.75) is 52.1 Å². The topological polar surface area (TPSA) is 29.9 Å². The van der Waals surface area contributed by atoms with Crippen LogP contribution >= 0.6 is 0 Å². The first-order valence-electron chi connectivity index (χ1n) is 6.95. The lowest BCUT2D eigenvalue weighted by molar-refractivity contribution is 0.355. The number of hydrogen-bond donors (Lipinski definition) is 1. The van der Waals surface area contributed by atoms with Crippen molar-refractivity contribution in [2.24, 2.45) is 5.92 Å². The van der Waals surface area contributed by atoms with Gasteiger partial charge in [-0.1, -0.05) is 12.2 Å². The monoisotopic (exact) mass is 247 g/mol. The van der Waals surface area contributed by atoms with Crippen LogP contribution in [0.3, 0.4) is 0 Å². The molecule has 100 valence electrons. The van der Waals surface area contributed by atoms with Crippen LogP contribution in [0.5, 0.6) is 0 Å². The first-order valence-corrected chi connectivity index (χ1v) is 6.95. The molecule has 1 aliphatic carbocycles. The van der Waals surface area contributed by atoms with Crippen LogP contribution in [0.2, 0.25) is 0 Å². The largest absolute Gasteiger partial charge is 0.312 e. The van der Waals surface area contributed by atoms with Gasteiger partial charge in [-0.05, 0) is 52.5 Å². The first kappa shape index (κ1) is 13.3. The molecular formula is C15H25N3. The van der Waals surface area contributed by atoms with E-state index in [2.05, 4.69) is 49.5 Å². The van der Waals surface area contributed by atoms with Crippen LogP contribution < -0.4 is 5.32 Å². The van der Waals surface area contributed by atoms with Gasteiger partial charge in [0.25, 0.3) is 0 Å². The number of rotatable bonds is 4. The number of aromatic nitrogens is 2. The molecule has 18 heavy (non-hydrogen) atoms. The summed E-state index contributed by atoms with van der Waals surface area (Å²) in [6.07, 6.45) is 12.5. The zero-order valence-electron chi connectivity index (χ0n) is 11.8. The van der Waals surface area contributed by atoms with Gasteiger partial charge in [0.2, 0.25) is 0 Å². The Morgan fingerprint density at radius 2 is 2.22 bits per heavy atom. The molecule has 0 saturated carbocycles. The van der Waals surface area contributed by atoms with Crippen molar-refractivity contribution < 1.29 is 0 Å². The minimum atomic E-state index is 0.0758. The molecule has 0 amide bonds. The second kappa shape index (κ2) is 5.70. The lowest BCUT2D eigenvalue weighted by Crippen LogP contribution is -2.23. The highest BCUT2D eigenvalue weighted by atomic mass is 15.3. The van der Waals surface area contributed by atoms with Crippen LogP contribution in [0.4, 0.5) is 0 Å². The standard InChI is InChI=1S/C15H25N3/c1-15(2,3)18-12-14(11-17-18)10-16-9-13-7-5-4-6-8-13/h4-5,11-13,16H,6-10H2,1-3H3. The summed E-state index contributed by atoms with van der Waals surface area (Å²) < 4.78 is 2.04. The maximum Gasteiger partial charge on any atom is 0.0543 e. The molecule has 1 unspecified atom stereocenters. The predicted octanol–water partition coefficient (Wildman–Crippen LogP) is 3.08. The summed E-state index contributed by atoms with van der Waals surface area (Å²) in [5.41, 5.74) is 1.35. The van der Waals surface area contributed by atoms with Gasteiger partial charge in [-0.25, -0.2) is 0 Å². The lowest BCUT2D eigenvalue weighted by atomic mass is 9.94. The first-order chi connectivity index (χ1) is 8.55. The van der Waals surface area contributed by atoms with Gasteiger partial charge in [-0.15, -0.1) is 0 Å². The number of nitrogens with one attached hydrogen (secondary N) is 1. The van der Waals surface area contributed by atoms with Gasteiger partial charge in [0.05, 0.1) is 11.7 Å². The Morgan fingerprint density at radius 3 is 2.83 bits per heavy atom. The summed E-state index contributed by atoms with van der Waals surface area (Å²) >= 11 is 0. The minimum Gasteiger partial charge on any atom is -0.312 e. The van der Waals surface area contributed by atoms with E-state index in [0.29, 0.717) is 0 Å². The van der Waals surface area contributed by atoms with Gasteiger partial charge in [0, 0.05) is 18.3 Å². The van der Waals surface area contributed by atoms with Crippen molar-refractivity contribution in [1.29, 1.82) is 0 Å². The van der Waals surface area contributed by atoms with E-state index in [-0.39, 0.29) is 5.54 Å². The van der Waals surface area contributed by atoms with Gasteiger partial charge in [0.15, 0.2) is 0 Å². The van der Waals surface area contributed by atoms with Crippen molar-refractivity contribution in [1.82, 2.24) is 15.1 Å². The molecule has 1 heterocycles. The zero-order valence-corrected chi connectivity index (χ0v) is 11.8. The minimum absolute atomic E-state index is 0.0758. The van der Waals surface area contributed by atoms with Crippen LogP contribution in [0, 0.1) is 5.92 Å². The summed E-state index contributed by atoms with van der Waals surface area (Å²) in [5, 5.41) is 7.97. The Morgan fingerprint density at radius 1 is 1.39 bits per heavy atom. The molecule has 1 aromatic rings. The van der Waals surface area contributed by atoms with Crippen LogP contribution in [-0.2, 0) is 12.1 Å². The van der Waals surface area contributed by atoms with Crippen LogP contribution in [0.15, 0.2) is 24.5 Å². The molecule has 1 atom stereocenters. The van der Waals surface area contributed by atoms with Crippen molar-refractivity contribution in [3.63, 3.8) is 0 Å². The fraction of sp³-hybridized carbons (Fsp3) is 0.667. The van der Waals surface area contributed by atoms with Gasteiger partial charge in [-0.3, -0.25) is 4.68 Å². The highest BCUT2D eigenvalue weighted by molar-refractivity contribution is 5.05. The highest BCUT2D eigenvalue weighted by Gasteiger charge is 2.14. The summed E-state index contributed by atoms with van der Waals surface area (Å²) in [5.74, 6) is 0.813. The average molecular weight is 247 g/mol. The van der Waals surface area contributed by atoms with Crippen molar-refractivity contribution in [3.8, 4) is 0 Å². The third-order valence-electron chi connectivity index (χ3n) is 3.46. The maximum atomic E-state index is 4.42. The molecule has 3 heteroatoms. The molecule has 0 aromatic carbocycles. The number of nitrogens with zero attached hydrogens (tertiary/aromatic N) is 2. The quantitative estimate of drug-likeness (QED) is 0.829. The molecule has 0 fully saturated rings. The Hall–Kier alpha value is -1.09. The average Bonchev–Trinajstić information content (AvgIpc) is 2.79. The summed E-state index contributed by atoms with van der Waals surface area (Å²) in [6.45, 7) is 8.56. The third kappa shape index (κ3) is 3.70. The van der Waals surface area contributed by atoms with E-state index >= 15 is 0 Å². The SMILES string of the molecule is CC(C)(C)n1cc(CNCC2CC=CCC2)cn1. The van der Waals surface area contributed by atoms with Crippen LogP contribution in [0.1, 0.15) is 45.6 Å². The normalized spacial score (nSPS) is 20.3. The molecular weight excluding hydrogens is 222 g/mol. The second-order valence-corrected chi connectivity index (χ2v) is 6.25. The van der Waals surface area contributed by atoms with E-state index in [4.69, 9.17) is 0 Å². The molecule has 1 aliphatic rings. The predicted molar refractivity (Wildman–Crippen MR) is 75.4 cm³/mol. The molecule has 0 radical (unpaired) electrons. The third-order valence-corrected chi connectivity index (χ3v) is 3.46. The van der Waals surface area contributed by atoms with Gasteiger partial charge < -0.3 is 5.32 Å². The lowest BCUT2D eigenvalue weighted by Gasteiger charge is -2.19. The Bertz CT molecular complexity index is 398. The van der Waals surface area contributed by atoms with E-state index in [1.54, 1.807) is 0 Å². The zero-order chi connectivity index (χ0) is 13.0. The molecule has 3 nitrogen and oxygen atoms in total. The number of hydrogen-bond acceptors (Lipinski definition) is 2. The van der Waals surface area contributed by atoms with Crippen molar-refractivity contribution in [2.75, 3.05) is 6.54 Å². The van der Waals surface area contributed by atoms with E-state index in [1.165, 1.54) is 24.8 Å². The molecule has 0 bridgehead atoms. The Balaban J connectivity index is 1.76. The summed E-state index contributed by atoms with van der Waals surface area (Å²) in [4.78, 5) is 0. The number of allylic oxidation sites excluding steroid dienone is 2. The molecule has 0 saturated heterocycles. The van der Waals surface area contributed by atoms with Crippen LogP contribution in [-0.4, -0.2) is 16.3 Å². The Labute approximate surface area is 110 Å². The van der Waals surface area contributed by atoms with Gasteiger partial charge >= 0.3 is 0 Å². The smallest absolute Gasteiger partial charge is 0.0543 e. The maximum absolute atomic E-state index is 4.42. The molecule has 1 N–H and O–H groups in total. The van der Waals surface area contributed by atoms with E-state index in [0.717, 1.165) is 19.0 Å². The van der Waals surface area contributed by atoms with E-state index in [1.807, 2.05) is 10.9 Å². The summed E-state index contributed by atoms with van der Waals surface area (Å²) in [7, 11) is 0. The van der Waals surface area contributed by atoms with E-state index < -0.39 is 0 Å². The Kier molecular flexibility index (Phi) is 4.23. The fourth-order valence-electron chi connectivity index (χ4n) is 2.28. The fourth-order valence-corrected chi connectivity index (χ4v) is 2.28. The highest BCUT2D eigenvalue weighted by Crippen LogP contribution is 2.17. The van der Waals surface area contributed by atoms with Crippen LogP contribution in [0.25, 0.3) is 0 Å². The van der Waals surface area contributed by atoms with Gasteiger partial charge in [-0.2, -0.15) is 5.10 Å².